The number of hydrogen-bond acceptors (Lipinski definition) is 6. The summed E-state index contributed by atoms with van der Waals surface area (Å²) in [5.41, 5.74) is 3.24. The van der Waals surface area contributed by atoms with Gasteiger partial charge >= 0.3 is 0 Å². The van der Waals surface area contributed by atoms with E-state index in [4.69, 9.17) is 4.42 Å². The fraction of sp³-hybridized carbons (Fsp3) is 0.240. The first-order valence-electron chi connectivity index (χ1n) is 10.3. The van der Waals surface area contributed by atoms with Crippen molar-refractivity contribution in [1.29, 1.82) is 0 Å². The second-order valence-corrected chi connectivity index (χ2v) is 10.3. The summed E-state index contributed by atoms with van der Waals surface area (Å²) in [7, 11) is 0. The van der Waals surface area contributed by atoms with Gasteiger partial charge in [0.05, 0.1) is 11.8 Å². The molecule has 0 aliphatic rings. The smallest absolute Gasteiger partial charge is 0.277 e. The van der Waals surface area contributed by atoms with Gasteiger partial charge in [-0.1, -0.05) is 81.1 Å². The summed E-state index contributed by atoms with van der Waals surface area (Å²) in [4.78, 5) is 13.8. The molecule has 164 valence electrons. The van der Waals surface area contributed by atoms with Gasteiger partial charge in [0.1, 0.15) is 0 Å². The Morgan fingerprint density at radius 1 is 1.03 bits per heavy atom. The predicted octanol–water partition coefficient (Wildman–Crippen LogP) is 6.09. The molecule has 1 N–H and O–H groups in total. The van der Waals surface area contributed by atoms with Crippen LogP contribution in [0.25, 0.3) is 11.5 Å². The second-order valence-electron chi connectivity index (χ2n) is 8.42. The molecule has 4 aromatic rings. The molecular weight excluding hydrogens is 438 g/mol. The maximum absolute atomic E-state index is 12.7. The third-order valence-electron chi connectivity index (χ3n) is 5.00. The second kappa shape index (κ2) is 9.71. The van der Waals surface area contributed by atoms with Gasteiger partial charge in [-0.2, -0.15) is 0 Å². The molecule has 2 aromatic heterocycles. The van der Waals surface area contributed by atoms with Crippen LogP contribution in [0.3, 0.4) is 0 Å². The molecule has 0 radical (unpaired) electrons. The minimum atomic E-state index is -0.177. The summed E-state index contributed by atoms with van der Waals surface area (Å²) in [5.74, 6) is 0.555. The van der Waals surface area contributed by atoms with Crippen molar-refractivity contribution in [1.82, 2.24) is 15.5 Å². The fourth-order valence-electron chi connectivity index (χ4n) is 3.25. The number of aromatic nitrogens is 2. The highest BCUT2D eigenvalue weighted by Crippen LogP contribution is 2.28. The van der Waals surface area contributed by atoms with Crippen molar-refractivity contribution in [3.63, 3.8) is 0 Å². The first-order valence-corrected chi connectivity index (χ1v) is 12.2. The Morgan fingerprint density at radius 3 is 2.44 bits per heavy atom. The van der Waals surface area contributed by atoms with Gasteiger partial charge in [-0.3, -0.25) is 4.79 Å². The SMILES string of the molecule is CC(C)(C)c1ccc(-c2nnc(SCC(=O)NC(c3ccccc3)c3cccs3)o2)cc1. The minimum absolute atomic E-state index is 0.0858. The molecular formula is C25H25N3O2S2. The van der Waals surface area contributed by atoms with Gasteiger partial charge in [-0.15, -0.1) is 21.5 Å². The van der Waals surface area contributed by atoms with Crippen molar-refractivity contribution < 1.29 is 9.21 Å². The van der Waals surface area contributed by atoms with Crippen molar-refractivity contribution in [3.8, 4) is 11.5 Å². The standard InChI is InChI=1S/C25H25N3O2S2/c1-25(2,3)19-13-11-18(12-14-19)23-27-28-24(30-23)32-16-21(29)26-22(20-10-7-15-31-20)17-8-5-4-6-9-17/h4-15,22H,16H2,1-3H3,(H,26,29). The zero-order chi connectivity index (χ0) is 22.6. The van der Waals surface area contributed by atoms with E-state index in [2.05, 4.69) is 48.4 Å². The zero-order valence-electron chi connectivity index (χ0n) is 18.2. The summed E-state index contributed by atoms with van der Waals surface area (Å²) in [6.45, 7) is 6.53. The summed E-state index contributed by atoms with van der Waals surface area (Å²) in [6.07, 6.45) is 0. The highest BCUT2D eigenvalue weighted by atomic mass is 32.2. The number of carbonyl (C=O) groups excluding carboxylic acids is 1. The Labute approximate surface area is 196 Å². The number of benzene rings is 2. The van der Waals surface area contributed by atoms with Gasteiger partial charge in [0.2, 0.25) is 11.8 Å². The van der Waals surface area contributed by atoms with E-state index in [9.17, 15) is 4.79 Å². The summed E-state index contributed by atoms with van der Waals surface area (Å²) in [5, 5.41) is 13.7. The Kier molecular flexibility index (Phi) is 6.77. The van der Waals surface area contributed by atoms with Crippen molar-refractivity contribution in [2.75, 3.05) is 5.75 Å². The number of amides is 1. The van der Waals surface area contributed by atoms with Gasteiger partial charge in [0.15, 0.2) is 0 Å². The number of thioether (sulfide) groups is 1. The summed E-state index contributed by atoms with van der Waals surface area (Å²) < 4.78 is 5.77. The van der Waals surface area contributed by atoms with Crippen LogP contribution in [0.5, 0.6) is 0 Å². The molecule has 1 unspecified atom stereocenters. The number of hydrogen-bond donors (Lipinski definition) is 1. The number of nitrogens with one attached hydrogen (secondary N) is 1. The van der Waals surface area contributed by atoms with Crippen LogP contribution in [0.15, 0.2) is 81.8 Å². The molecule has 5 nitrogen and oxygen atoms in total. The van der Waals surface area contributed by atoms with E-state index in [0.29, 0.717) is 11.1 Å². The third-order valence-corrected chi connectivity index (χ3v) is 6.75. The first-order chi connectivity index (χ1) is 15.4. The lowest BCUT2D eigenvalue weighted by molar-refractivity contribution is -0.119. The number of nitrogens with zero attached hydrogens (tertiary/aromatic N) is 2. The maximum atomic E-state index is 12.7. The van der Waals surface area contributed by atoms with Crippen LogP contribution in [0.2, 0.25) is 0 Å². The molecule has 0 aliphatic carbocycles. The molecule has 32 heavy (non-hydrogen) atoms. The molecule has 2 heterocycles. The molecule has 1 amide bonds. The van der Waals surface area contributed by atoms with Crippen LogP contribution in [-0.4, -0.2) is 21.9 Å². The van der Waals surface area contributed by atoms with Gasteiger partial charge in [0, 0.05) is 10.4 Å². The monoisotopic (exact) mass is 463 g/mol. The highest BCUT2D eigenvalue weighted by Gasteiger charge is 2.19. The minimum Gasteiger partial charge on any atom is -0.411 e. The van der Waals surface area contributed by atoms with Gasteiger partial charge in [-0.25, -0.2) is 0 Å². The lowest BCUT2D eigenvalue weighted by atomic mass is 9.87. The lowest BCUT2D eigenvalue weighted by Gasteiger charge is -2.18. The van der Waals surface area contributed by atoms with Crippen molar-refractivity contribution >= 4 is 29.0 Å². The van der Waals surface area contributed by atoms with E-state index in [1.165, 1.54) is 17.3 Å². The van der Waals surface area contributed by atoms with Gasteiger partial charge in [-0.05, 0) is 40.1 Å². The van der Waals surface area contributed by atoms with Gasteiger partial charge < -0.3 is 9.73 Å². The van der Waals surface area contributed by atoms with E-state index in [1.54, 1.807) is 11.3 Å². The quantitative estimate of drug-likeness (QED) is 0.336. The van der Waals surface area contributed by atoms with Crippen LogP contribution in [-0.2, 0) is 10.2 Å². The molecule has 0 aliphatic heterocycles. The molecule has 1 atom stereocenters. The van der Waals surface area contributed by atoms with Crippen molar-refractivity contribution in [3.05, 3.63) is 88.1 Å². The van der Waals surface area contributed by atoms with E-state index in [-0.39, 0.29) is 23.1 Å². The Morgan fingerprint density at radius 2 is 1.78 bits per heavy atom. The van der Waals surface area contributed by atoms with Crippen LogP contribution >= 0.6 is 23.1 Å². The molecule has 7 heteroatoms. The first kappa shape index (κ1) is 22.3. The average molecular weight is 464 g/mol. The Bertz CT molecular complexity index is 1150. The Balaban J connectivity index is 1.38. The van der Waals surface area contributed by atoms with E-state index < -0.39 is 0 Å². The lowest BCUT2D eigenvalue weighted by Crippen LogP contribution is -2.30. The normalized spacial score (nSPS) is 12.5. The van der Waals surface area contributed by atoms with Crippen molar-refractivity contribution in [2.24, 2.45) is 0 Å². The van der Waals surface area contributed by atoms with Crippen LogP contribution in [0.4, 0.5) is 0 Å². The van der Waals surface area contributed by atoms with Gasteiger partial charge in [0.25, 0.3) is 5.22 Å². The number of thiophene rings is 1. The zero-order valence-corrected chi connectivity index (χ0v) is 19.9. The van der Waals surface area contributed by atoms with Crippen LogP contribution < -0.4 is 5.32 Å². The predicted molar refractivity (Wildman–Crippen MR) is 130 cm³/mol. The van der Waals surface area contributed by atoms with Crippen molar-refractivity contribution in [2.45, 2.75) is 37.5 Å². The molecule has 0 saturated carbocycles. The number of carbonyl (C=O) groups is 1. The molecule has 2 aromatic carbocycles. The van der Waals surface area contributed by atoms with E-state index in [0.717, 1.165) is 16.0 Å². The largest absolute Gasteiger partial charge is 0.411 e. The Hall–Kier alpha value is -2.90. The maximum Gasteiger partial charge on any atom is 0.277 e. The van der Waals surface area contributed by atoms with E-state index >= 15 is 0 Å². The summed E-state index contributed by atoms with van der Waals surface area (Å²) in [6, 6.07) is 21.9. The average Bonchev–Trinajstić information content (AvgIpc) is 3.49. The van der Waals surface area contributed by atoms with Crippen LogP contribution in [0.1, 0.15) is 42.8 Å². The summed E-state index contributed by atoms with van der Waals surface area (Å²) >= 11 is 2.86. The highest BCUT2D eigenvalue weighted by molar-refractivity contribution is 7.99. The fourth-order valence-corrected chi connectivity index (χ4v) is 4.62. The number of rotatable bonds is 7. The molecule has 0 fully saturated rings. The molecule has 0 spiro atoms. The van der Waals surface area contributed by atoms with E-state index in [1.807, 2.05) is 60.0 Å². The topological polar surface area (TPSA) is 68.0 Å². The molecule has 4 rings (SSSR count). The molecule has 0 bridgehead atoms. The third kappa shape index (κ3) is 5.47. The van der Waals surface area contributed by atoms with Crippen LogP contribution in [0, 0.1) is 0 Å². The molecule has 0 saturated heterocycles.